The lowest BCUT2D eigenvalue weighted by Gasteiger charge is -2.14. The van der Waals surface area contributed by atoms with Crippen LogP contribution < -0.4 is 5.32 Å². The highest BCUT2D eigenvalue weighted by Crippen LogP contribution is 2.36. The third kappa shape index (κ3) is 2.61. The van der Waals surface area contributed by atoms with Gasteiger partial charge in [0.15, 0.2) is 0 Å². The number of benzene rings is 1. The summed E-state index contributed by atoms with van der Waals surface area (Å²) >= 11 is 5.03. The number of carbonyl (C=O) groups is 1. The summed E-state index contributed by atoms with van der Waals surface area (Å²) < 4.78 is 0. The Kier molecular flexibility index (Phi) is 3.92. The predicted octanol–water partition coefficient (Wildman–Crippen LogP) is 2.60. The molecule has 0 saturated carbocycles. The van der Waals surface area contributed by atoms with E-state index in [4.69, 9.17) is 0 Å². The number of hydrogen-bond donors (Lipinski definition) is 1. The molecule has 1 N–H and O–H groups in total. The highest BCUT2D eigenvalue weighted by Gasteiger charge is 2.28. The monoisotopic (exact) mass is 299 g/mol. The lowest BCUT2D eigenvalue weighted by atomic mass is 10.1. The molecule has 86 valence electrons. The Morgan fingerprint density at radius 1 is 1.62 bits per heavy atom. The molecular formula is C12H14BrNOS. The van der Waals surface area contributed by atoms with Crippen LogP contribution in [0, 0.1) is 0 Å². The average Bonchev–Trinajstić information content (AvgIpc) is 2.72. The summed E-state index contributed by atoms with van der Waals surface area (Å²) in [5.74, 6) is 0.146. The van der Waals surface area contributed by atoms with Crippen molar-refractivity contribution in [2.24, 2.45) is 0 Å². The van der Waals surface area contributed by atoms with Gasteiger partial charge in [0.25, 0.3) is 0 Å². The Morgan fingerprint density at radius 2 is 2.38 bits per heavy atom. The molecule has 2 rings (SSSR count). The highest BCUT2D eigenvalue weighted by atomic mass is 79.9. The van der Waals surface area contributed by atoms with Gasteiger partial charge in [-0.2, -0.15) is 0 Å². The van der Waals surface area contributed by atoms with E-state index in [1.54, 1.807) is 11.8 Å². The molecular weight excluding hydrogens is 286 g/mol. The molecule has 0 bridgehead atoms. The quantitative estimate of drug-likeness (QED) is 0.869. The Balaban J connectivity index is 1.98. The average molecular weight is 300 g/mol. The number of thioether (sulfide) groups is 1. The fourth-order valence-corrected chi connectivity index (χ4v) is 3.07. The van der Waals surface area contributed by atoms with Crippen LogP contribution in [0.4, 0.5) is 0 Å². The zero-order valence-electron chi connectivity index (χ0n) is 9.07. The van der Waals surface area contributed by atoms with Crippen molar-refractivity contribution in [2.75, 3.05) is 5.33 Å². The van der Waals surface area contributed by atoms with Crippen molar-refractivity contribution >= 4 is 33.6 Å². The predicted molar refractivity (Wildman–Crippen MR) is 71.2 cm³/mol. The van der Waals surface area contributed by atoms with E-state index < -0.39 is 0 Å². The van der Waals surface area contributed by atoms with E-state index in [1.165, 1.54) is 10.5 Å². The summed E-state index contributed by atoms with van der Waals surface area (Å²) in [6.07, 6.45) is 0.849. The minimum atomic E-state index is 0.0406. The fourth-order valence-electron chi connectivity index (χ4n) is 1.70. The molecule has 16 heavy (non-hydrogen) atoms. The first-order valence-electron chi connectivity index (χ1n) is 5.31. The topological polar surface area (TPSA) is 29.1 Å². The number of alkyl halides is 1. The lowest BCUT2D eigenvalue weighted by Crippen LogP contribution is -2.39. The van der Waals surface area contributed by atoms with Gasteiger partial charge < -0.3 is 5.32 Å². The van der Waals surface area contributed by atoms with Gasteiger partial charge in [-0.05, 0) is 25.0 Å². The van der Waals surface area contributed by atoms with Crippen LogP contribution in [0.3, 0.4) is 0 Å². The number of rotatable bonds is 3. The molecule has 1 heterocycles. The first kappa shape index (κ1) is 12.0. The molecule has 0 fully saturated rings. The van der Waals surface area contributed by atoms with E-state index in [0.29, 0.717) is 0 Å². The summed E-state index contributed by atoms with van der Waals surface area (Å²) in [4.78, 5) is 13.2. The van der Waals surface area contributed by atoms with Gasteiger partial charge in [0.05, 0.1) is 5.25 Å². The Hall–Kier alpha value is -0.480. The summed E-state index contributed by atoms with van der Waals surface area (Å²) in [7, 11) is 0. The SMILES string of the molecule is CC(CBr)NC(=O)C1Cc2ccccc2S1. The fraction of sp³-hybridized carbons (Fsp3) is 0.417. The van der Waals surface area contributed by atoms with Crippen LogP contribution in [-0.2, 0) is 11.2 Å². The molecule has 1 aliphatic heterocycles. The molecule has 0 spiro atoms. The van der Waals surface area contributed by atoms with E-state index in [9.17, 15) is 4.79 Å². The summed E-state index contributed by atoms with van der Waals surface area (Å²) in [5.41, 5.74) is 1.29. The lowest BCUT2D eigenvalue weighted by molar-refractivity contribution is -0.120. The Labute approximate surface area is 108 Å². The Bertz CT molecular complexity index is 371. The van der Waals surface area contributed by atoms with E-state index in [-0.39, 0.29) is 17.2 Å². The second kappa shape index (κ2) is 5.23. The number of carbonyl (C=O) groups excluding carboxylic acids is 1. The standard InChI is InChI=1S/C12H14BrNOS/c1-8(7-13)14-12(15)11-6-9-4-2-3-5-10(9)16-11/h2-5,8,11H,6-7H2,1H3,(H,14,15). The van der Waals surface area contributed by atoms with Crippen LogP contribution in [0.2, 0.25) is 0 Å². The third-order valence-corrected chi connectivity index (χ3v) is 4.85. The molecule has 1 aliphatic rings. The normalized spacial score (nSPS) is 20.2. The van der Waals surface area contributed by atoms with Gasteiger partial charge in [0.1, 0.15) is 0 Å². The number of nitrogens with one attached hydrogen (secondary N) is 1. The summed E-state index contributed by atoms with van der Waals surface area (Å²) in [6, 6.07) is 8.43. The minimum Gasteiger partial charge on any atom is -0.352 e. The van der Waals surface area contributed by atoms with Crippen LogP contribution >= 0.6 is 27.7 Å². The number of amides is 1. The number of hydrogen-bond acceptors (Lipinski definition) is 2. The van der Waals surface area contributed by atoms with Crippen molar-refractivity contribution in [3.05, 3.63) is 29.8 Å². The molecule has 2 unspecified atom stereocenters. The van der Waals surface area contributed by atoms with E-state index >= 15 is 0 Å². The first-order valence-corrected chi connectivity index (χ1v) is 7.31. The largest absolute Gasteiger partial charge is 0.352 e. The molecule has 2 nitrogen and oxygen atoms in total. The zero-order chi connectivity index (χ0) is 11.5. The first-order chi connectivity index (χ1) is 7.70. The summed E-state index contributed by atoms with van der Waals surface area (Å²) in [6.45, 7) is 2.00. The summed E-state index contributed by atoms with van der Waals surface area (Å²) in [5, 5.41) is 3.84. The molecule has 1 amide bonds. The second-order valence-electron chi connectivity index (χ2n) is 3.98. The van der Waals surface area contributed by atoms with Crippen LogP contribution in [0.15, 0.2) is 29.2 Å². The Morgan fingerprint density at radius 3 is 3.06 bits per heavy atom. The van der Waals surface area contributed by atoms with Gasteiger partial charge in [0, 0.05) is 16.3 Å². The third-order valence-electron chi connectivity index (χ3n) is 2.56. The molecule has 0 radical (unpaired) electrons. The van der Waals surface area contributed by atoms with Crippen molar-refractivity contribution in [3.8, 4) is 0 Å². The van der Waals surface area contributed by atoms with Crippen LogP contribution in [0.5, 0.6) is 0 Å². The molecule has 0 aliphatic carbocycles. The highest BCUT2D eigenvalue weighted by molar-refractivity contribution is 9.09. The van der Waals surface area contributed by atoms with Crippen molar-refractivity contribution in [1.29, 1.82) is 0 Å². The minimum absolute atomic E-state index is 0.0406. The molecule has 4 heteroatoms. The maximum Gasteiger partial charge on any atom is 0.234 e. The maximum absolute atomic E-state index is 11.9. The van der Waals surface area contributed by atoms with Crippen molar-refractivity contribution < 1.29 is 4.79 Å². The molecule has 1 aromatic carbocycles. The van der Waals surface area contributed by atoms with Gasteiger partial charge in [-0.3, -0.25) is 4.79 Å². The molecule has 0 saturated heterocycles. The van der Waals surface area contributed by atoms with Crippen LogP contribution in [-0.4, -0.2) is 22.5 Å². The van der Waals surface area contributed by atoms with E-state index in [0.717, 1.165) is 11.8 Å². The van der Waals surface area contributed by atoms with Gasteiger partial charge in [-0.1, -0.05) is 34.1 Å². The van der Waals surface area contributed by atoms with Gasteiger partial charge >= 0.3 is 0 Å². The van der Waals surface area contributed by atoms with Crippen LogP contribution in [0.1, 0.15) is 12.5 Å². The smallest absolute Gasteiger partial charge is 0.234 e. The molecule has 1 aromatic rings. The molecule has 0 aromatic heterocycles. The van der Waals surface area contributed by atoms with E-state index in [2.05, 4.69) is 33.4 Å². The zero-order valence-corrected chi connectivity index (χ0v) is 11.5. The van der Waals surface area contributed by atoms with Crippen molar-refractivity contribution in [3.63, 3.8) is 0 Å². The van der Waals surface area contributed by atoms with E-state index in [1.807, 2.05) is 19.1 Å². The van der Waals surface area contributed by atoms with Crippen molar-refractivity contribution in [1.82, 2.24) is 5.32 Å². The van der Waals surface area contributed by atoms with Gasteiger partial charge in [-0.15, -0.1) is 11.8 Å². The van der Waals surface area contributed by atoms with Gasteiger partial charge in [-0.25, -0.2) is 0 Å². The maximum atomic E-state index is 11.9. The van der Waals surface area contributed by atoms with Gasteiger partial charge in [0.2, 0.25) is 5.91 Å². The van der Waals surface area contributed by atoms with Crippen LogP contribution in [0.25, 0.3) is 0 Å². The number of halogens is 1. The number of fused-ring (bicyclic) bond motifs is 1. The molecule has 2 atom stereocenters. The van der Waals surface area contributed by atoms with Crippen molar-refractivity contribution in [2.45, 2.75) is 29.5 Å². The second-order valence-corrected chi connectivity index (χ2v) is 5.87.